The lowest BCUT2D eigenvalue weighted by atomic mass is 9.96. The van der Waals surface area contributed by atoms with Gasteiger partial charge in [0, 0.05) is 11.1 Å². The van der Waals surface area contributed by atoms with E-state index < -0.39 is 0 Å². The summed E-state index contributed by atoms with van der Waals surface area (Å²) in [6, 6.07) is 6.88. The molecule has 1 nitrogen and oxygen atoms in total. The zero-order valence-electron chi connectivity index (χ0n) is 10.7. The van der Waals surface area contributed by atoms with E-state index in [4.69, 9.17) is 11.6 Å². The van der Waals surface area contributed by atoms with E-state index >= 15 is 0 Å². The number of aryl methyl sites for hydroxylation is 2. The highest BCUT2D eigenvalue weighted by molar-refractivity contribution is 6.31. The maximum Gasteiger partial charge on any atom is 0.0440 e. The lowest BCUT2D eigenvalue weighted by Crippen LogP contribution is -2.31. The van der Waals surface area contributed by atoms with Crippen LogP contribution in [0.3, 0.4) is 0 Å². The van der Waals surface area contributed by atoms with Gasteiger partial charge in [-0.3, -0.25) is 0 Å². The standard InChI is InChI=1S/C14H22ClN/c1-10(2)14(16-4)8-7-12-6-5-11(3)9-13(12)15/h5-6,9-10,14,16H,7-8H2,1-4H3. The van der Waals surface area contributed by atoms with Crippen molar-refractivity contribution in [3.05, 3.63) is 34.3 Å². The molecule has 1 rings (SSSR count). The first-order valence-corrected chi connectivity index (χ1v) is 6.34. The molecule has 0 saturated heterocycles. The number of benzene rings is 1. The van der Waals surface area contributed by atoms with Gasteiger partial charge in [-0.25, -0.2) is 0 Å². The zero-order chi connectivity index (χ0) is 12.1. The molecule has 0 aliphatic carbocycles. The fourth-order valence-electron chi connectivity index (χ4n) is 1.98. The van der Waals surface area contributed by atoms with Crippen LogP contribution in [0, 0.1) is 12.8 Å². The van der Waals surface area contributed by atoms with Crippen LogP contribution < -0.4 is 5.32 Å². The SMILES string of the molecule is CNC(CCc1ccc(C)cc1Cl)C(C)C. The minimum atomic E-state index is 0.567. The molecule has 1 unspecified atom stereocenters. The zero-order valence-corrected chi connectivity index (χ0v) is 11.4. The van der Waals surface area contributed by atoms with E-state index in [1.165, 1.54) is 11.1 Å². The van der Waals surface area contributed by atoms with E-state index in [2.05, 4.69) is 38.2 Å². The minimum Gasteiger partial charge on any atom is -0.317 e. The monoisotopic (exact) mass is 239 g/mol. The Morgan fingerprint density at radius 3 is 2.50 bits per heavy atom. The normalized spacial score (nSPS) is 13.1. The summed E-state index contributed by atoms with van der Waals surface area (Å²) in [5.74, 6) is 0.661. The summed E-state index contributed by atoms with van der Waals surface area (Å²) in [5.41, 5.74) is 2.48. The molecule has 90 valence electrons. The maximum atomic E-state index is 6.22. The smallest absolute Gasteiger partial charge is 0.0440 e. The molecule has 1 atom stereocenters. The molecule has 0 fully saturated rings. The number of halogens is 1. The fourth-order valence-corrected chi connectivity index (χ4v) is 2.31. The van der Waals surface area contributed by atoms with E-state index in [-0.39, 0.29) is 0 Å². The van der Waals surface area contributed by atoms with Gasteiger partial charge < -0.3 is 5.32 Å². The highest BCUT2D eigenvalue weighted by Gasteiger charge is 2.11. The third-order valence-corrected chi connectivity index (χ3v) is 3.46. The van der Waals surface area contributed by atoms with Gasteiger partial charge in [-0.2, -0.15) is 0 Å². The van der Waals surface area contributed by atoms with Crippen molar-refractivity contribution >= 4 is 11.6 Å². The Bertz CT molecular complexity index is 334. The van der Waals surface area contributed by atoms with Gasteiger partial charge in [-0.15, -0.1) is 0 Å². The topological polar surface area (TPSA) is 12.0 Å². The van der Waals surface area contributed by atoms with Crippen molar-refractivity contribution in [2.45, 2.75) is 39.7 Å². The fraction of sp³-hybridized carbons (Fsp3) is 0.571. The molecule has 0 amide bonds. The van der Waals surface area contributed by atoms with Crippen LogP contribution in [0.1, 0.15) is 31.4 Å². The molecule has 2 heteroatoms. The first-order valence-electron chi connectivity index (χ1n) is 5.97. The van der Waals surface area contributed by atoms with Crippen molar-refractivity contribution in [1.82, 2.24) is 5.32 Å². The third-order valence-electron chi connectivity index (χ3n) is 3.11. The largest absolute Gasteiger partial charge is 0.317 e. The van der Waals surface area contributed by atoms with Gasteiger partial charge in [0.25, 0.3) is 0 Å². The highest BCUT2D eigenvalue weighted by Crippen LogP contribution is 2.20. The van der Waals surface area contributed by atoms with E-state index in [9.17, 15) is 0 Å². The average molecular weight is 240 g/mol. The van der Waals surface area contributed by atoms with Gasteiger partial charge in [0.1, 0.15) is 0 Å². The summed E-state index contributed by atoms with van der Waals surface area (Å²) in [5, 5.41) is 4.26. The Kier molecular flexibility index (Phi) is 5.30. The molecule has 0 spiro atoms. The first kappa shape index (κ1) is 13.5. The van der Waals surface area contributed by atoms with Crippen LogP contribution in [0.2, 0.25) is 5.02 Å². The van der Waals surface area contributed by atoms with Crippen LogP contribution in [0.25, 0.3) is 0 Å². The summed E-state index contributed by atoms with van der Waals surface area (Å²) >= 11 is 6.22. The van der Waals surface area contributed by atoms with Gasteiger partial charge in [0.05, 0.1) is 0 Å². The Hall–Kier alpha value is -0.530. The summed E-state index contributed by atoms with van der Waals surface area (Å²) in [4.78, 5) is 0. The number of rotatable bonds is 5. The van der Waals surface area contributed by atoms with Crippen molar-refractivity contribution in [1.29, 1.82) is 0 Å². The summed E-state index contributed by atoms with van der Waals surface area (Å²) in [6.45, 7) is 6.57. The molecule has 16 heavy (non-hydrogen) atoms. The Morgan fingerprint density at radius 1 is 1.31 bits per heavy atom. The van der Waals surface area contributed by atoms with Gasteiger partial charge in [0.2, 0.25) is 0 Å². The molecule has 0 radical (unpaired) electrons. The molecule has 0 aliphatic rings. The predicted molar refractivity (Wildman–Crippen MR) is 72.2 cm³/mol. The van der Waals surface area contributed by atoms with Crippen molar-refractivity contribution in [3.8, 4) is 0 Å². The lowest BCUT2D eigenvalue weighted by molar-refractivity contribution is 0.403. The molecule has 0 aliphatic heterocycles. The van der Waals surface area contributed by atoms with Gasteiger partial charge in [-0.1, -0.05) is 37.6 Å². The second-order valence-corrected chi connectivity index (χ2v) is 5.18. The Balaban J connectivity index is 2.60. The van der Waals surface area contributed by atoms with Crippen LogP contribution in [0.4, 0.5) is 0 Å². The molecular formula is C14H22ClN. The average Bonchev–Trinajstić information content (AvgIpc) is 2.21. The quantitative estimate of drug-likeness (QED) is 0.824. The van der Waals surface area contributed by atoms with Crippen molar-refractivity contribution in [2.24, 2.45) is 5.92 Å². The van der Waals surface area contributed by atoms with Crippen LogP contribution in [-0.4, -0.2) is 13.1 Å². The first-order chi connectivity index (χ1) is 7.54. The van der Waals surface area contributed by atoms with Crippen LogP contribution in [-0.2, 0) is 6.42 Å². The van der Waals surface area contributed by atoms with E-state index in [1.807, 2.05) is 13.1 Å². The molecule has 0 saturated carbocycles. The number of nitrogens with one attached hydrogen (secondary N) is 1. The second kappa shape index (κ2) is 6.27. The minimum absolute atomic E-state index is 0.567. The Labute approximate surface area is 104 Å². The van der Waals surface area contributed by atoms with Gasteiger partial charge in [-0.05, 0) is 49.9 Å². The summed E-state index contributed by atoms with van der Waals surface area (Å²) in [6.07, 6.45) is 2.18. The molecule has 0 heterocycles. The lowest BCUT2D eigenvalue weighted by Gasteiger charge is -2.20. The van der Waals surface area contributed by atoms with E-state index in [0.717, 1.165) is 17.9 Å². The second-order valence-electron chi connectivity index (χ2n) is 4.77. The van der Waals surface area contributed by atoms with Gasteiger partial charge in [0.15, 0.2) is 0 Å². The van der Waals surface area contributed by atoms with Crippen LogP contribution in [0.15, 0.2) is 18.2 Å². The molecule has 0 aromatic heterocycles. The van der Waals surface area contributed by atoms with E-state index in [1.54, 1.807) is 0 Å². The van der Waals surface area contributed by atoms with Crippen molar-refractivity contribution < 1.29 is 0 Å². The van der Waals surface area contributed by atoms with Crippen LogP contribution >= 0.6 is 11.6 Å². The highest BCUT2D eigenvalue weighted by atomic mass is 35.5. The third kappa shape index (κ3) is 3.80. The molecule has 0 bridgehead atoms. The summed E-state index contributed by atoms with van der Waals surface area (Å²) in [7, 11) is 2.03. The van der Waals surface area contributed by atoms with Gasteiger partial charge >= 0.3 is 0 Å². The molecule has 1 aromatic carbocycles. The molecule has 1 aromatic rings. The molecular weight excluding hydrogens is 218 g/mol. The maximum absolute atomic E-state index is 6.22. The number of hydrogen-bond donors (Lipinski definition) is 1. The van der Waals surface area contributed by atoms with E-state index in [0.29, 0.717) is 12.0 Å². The summed E-state index contributed by atoms with van der Waals surface area (Å²) < 4.78 is 0. The Morgan fingerprint density at radius 2 is 2.00 bits per heavy atom. The van der Waals surface area contributed by atoms with Crippen LogP contribution in [0.5, 0.6) is 0 Å². The molecule has 1 N–H and O–H groups in total. The number of hydrogen-bond acceptors (Lipinski definition) is 1. The predicted octanol–water partition coefficient (Wildman–Crippen LogP) is 3.83. The van der Waals surface area contributed by atoms with Crippen molar-refractivity contribution in [3.63, 3.8) is 0 Å². The van der Waals surface area contributed by atoms with Crippen molar-refractivity contribution in [2.75, 3.05) is 7.05 Å².